The van der Waals surface area contributed by atoms with E-state index < -0.39 is 0 Å². The summed E-state index contributed by atoms with van der Waals surface area (Å²) in [5.41, 5.74) is 1.43. The van der Waals surface area contributed by atoms with Crippen LogP contribution in [0.4, 0.5) is 0 Å². The molecule has 3 fully saturated rings. The largest absolute Gasteiger partial charge is 0.373 e. The topological polar surface area (TPSA) is 78.6 Å². The fourth-order valence-electron chi connectivity index (χ4n) is 5.33. The van der Waals surface area contributed by atoms with Crippen molar-refractivity contribution >= 4 is 11.6 Å². The summed E-state index contributed by atoms with van der Waals surface area (Å²) in [7, 11) is 2.00. The van der Waals surface area contributed by atoms with Gasteiger partial charge in [-0.15, -0.1) is 11.6 Å². The quantitative estimate of drug-likeness (QED) is 0.336. The number of halogens is 1. The zero-order chi connectivity index (χ0) is 20.4. The van der Waals surface area contributed by atoms with Gasteiger partial charge in [-0.05, 0) is 46.6 Å². The van der Waals surface area contributed by atoms with E-state index in [4.69, 9.17) is 21.1 Å². The number of alkyl halides is 1. The predicted octanol–water partition coefficient (Wildman–Crippen LogP) is 0.855. The van der Waals surface area contributed by atoms with Crippen LogP contribution in [0.25, 0.3) is 0 Å². The van der Waals surface area contributed by atoms with E-state index in [0.29, 0.717) is 25.3 Å². The third-order valence-corrected chi connectivity index (χ3v) is 7.50. The SMILES string of the molecule is CNC1CC(C)NC(NC2CC3OCCOC3C(C3=CCN[C@H](C)CC3)C2Cl)N1. The van der Waals surface area contributed by atoms with Crippen molar-refractivity contribution in [1.82, 2.24) is 26.6 Å². The summed E-state index contributed by atoms with van der Waals surface area (Å²) >= 11 is 7.19. The summed E-state index contributed by atoms with van der Waals surface area (Å²) in [4.78, 5) is 0. The first-order valence-electron chi connectivity index (χ1n) is 11.3. The van der Waals surface area contributed by atoms with Crippen molar-refractivity contribution in [2.24, 2.45) is 5.92 Å². The Hall–Kier alpha value is -0.250. The second-order valence-electron chi connectivity index (χ2n) is 9.10. The van der Waals surface area contributed by atoms with Crippen LogP contribution in [0.5, 0.6) is 0 Å². The summed E-state index contributed by atoms with van der Waals surface area (Å²) < 4.78 is 12.4. The fourth-order valence-corrected chi connectivity index (χ4v) is 5.81. The van der Waals surface area contributed by atoms with E-state index >= 15 is 0 Å². The van der Waals surface area contributed by atoms with Crippen LogP contribution >= 0.6 is 11.6 Å². The lowest BCUT2D eigenvalue weighted by Crippen LogP contribution is -2.70. The Morgan fingerprint density at radius 1 is 1.10 bits per heavy atom. The highest BCUT2D eigenvalue weighted by molar-refractivity contribution is 6.21. The molecule has 0 bridgehead atoms. The van der Waals surface area contributed by atoms with E-state index in [0.717, 1.165) is 32.2 Å². The molecule has 8 unspecified atom stereocenters. The maximum atomic E-state index is 7.19. The molecule has 4 rings (SSSR count). The van der Waals surface area contributed by atoms with Crippen LogP contribution in [0.1, 0.15) is 39.5 Å². The predicted molar refractivity (Wildman–Crippen MR) is 116 cm³/mol. The summed E-state index contributed by atoms with van der Waals surface area (Å²) in [6, 6.07) is 1.11. The highest BCUT2D eigenvalue weighted by Crippen LogP contribution is 2.41. The van der Waals surface area contributed by atoms with Gasteiger partial charge < -0.3 is 20.1 Å². The Kier molecular flexibility index (Phi) is 7.51. The smallest absolute Gasteiger partial charge is 0.113 e. The number of nitrogens with one attached hydrogen (secondary N) is 5. The van der Waals surface area contributed by atoms with Crippen LogP contribution in [0.15, 0.2) is 11.6 Å². The van der Waals surface area contributed by atoms with Gasteiger partial charge >= 0.3 is 0 Å². The molecular formula is C21H38ClN5O2. The molecule has 0 spiro atoms. The minimum atomic E-state index is -0.0357. The average Bonchev–Trinajstić information content (AvgIpc) is 2.92. The van der Waals surface area contributed by atoms with Crippen molar-refractivity contribution in [3.63, 3.8) is 0 Å². The standard InChI is InChI=1S/C21H38ClN5O2/c1-12-4-5-14(6-7-24-12)18-19(22)15(11-16-20(18)29-9-8-28-16)26-21-25-13(2)10-17(23-3)27-21/h6,12-13,15-21,23-27H,4-5,7-11H2,1-3H3/t12-,13?,15?,16?,17?,18?,19?,20?,21?/m1/s1. The second kappa shape index (κ2) is 9.92. The molecule has 29 heavy (non-hydrogen) atoms. The molecule has 1 saturated carbocycles. The van der Waals surface area contributed by atoms with Crippen molar-refractivity contribution in [2.45, 2.75) is 87.7 Å². The molecule has 9 atom stereocenters. The van der Waals surface area contributed by atoms with Crippen molar-refractivity contribution in [1.29, 1.82) is 0 Å². The Morgan fingerprint density at radius 3 is 2.76 bits per heavy atom. The van der Waals surface area contributed by atoms with Crippen LogP contribution < -0.4 is 26.6 Å². The first-order valence-corrected chi connectivity index (χ1v) is 11.7. The van der Waals surface area contributed by atoms with Gasteiger partial charge in [0.15, 0.2) is 0 Å². The first-order chi connectivity index (χ1) is 14.0. The van der Waals surface area contributed by atoms with E-state index in [1.54, 1.807) is 0 Å². The molecule has 3 aliphatic heterocycles. The van der Waals surface area contributed by atoms with Crippen LogP contribution in [0.2, 0.25) is 0 Å². The molecule has 4 aliphatic rings. The summed E-state index contributed by atoms with van der Waals surface area (Å²) in [6.45, 7) is 6.71. The monoisotopic (exact) mass is 427 g/mol. The van der Waals surface area contributed by atoms with Gasteiger partial charge in [0.1, 0.15) is 6.29 Å². The number of ether oxygens (including phenoxy) is 2. The number of hydrogen-bond donors (Lipinski definition) is 5. The molecular weight excluding hydrogens is 390 g/mol. The molecule has 8 heteroatoms. The molecule has 3 heterocycles. The van der Waals surface area contributed by atoms with Gasteiger partial charge in [0.25, 0.3) is 0 Å². The Morgan fingerprint density at radius 2 is 1.93 bits per heavy atom. The minimum absolute atomic E-state index is 0.0222. The van der Waals surface area contributed by atoms with Gasteiger partial charge in [-0.2, -0.15) is 0 Å². The molecule has 0 radical (unpaired) electrons. The van der Waals surface area contributed by atoms with Gasteiger partial charge in [0, 0.05) is 30.6 Å². The van der Waals surface area contributed by atoms with Crippen LogP contribution in [0.3, 0.4) is 0 Å². The molecule has 1 aliphatic carbocycles. The Balaban J connectivity index is 1.50. The lowest BCUT2D eigenvalue weighted by atomic mass is 9.75. The van der Waals surface area contributed by atoms with Gasteiger partial charge in [-0.25, -0.2) is 0 Å². The zero-order valence-electron chi connectivity index (χ0n) is 17.9. The molecule has 0 aromatic heterocycles. The highest BCUT2D eigenvalue weighted by Gasteiger charge is 2.48. The molecule has 5 N–H and O–H groups in total. The summed E-state index contributed by atoms with van der Waals surface area (Å²) in [6.07, 6.45) is 6.93. The van der Waals surface area contributed by atoms with Crippen molar-refractivity contribution in [3.05, 3.63) is 11.6 Å². The van der Waals surface area contributed by atoms with Crippen molar-refractivity contribution in [3.8, 4) is 0 Å². The summed E-state index contributed by atoms with van der Waals surface area (Å²) in [5, 5.41) is 17.8. The van der Waals surface area contributed by atoms with Gasteiger partial charge in [-0.3, -0.25) is 16.0 Å². The second-order valence-corrected chi connectivity index (χ2v) is 9.60. The molecule has 0 aromatic rings. The van der Waals surface area contributed by atoms with E-state index in [9.17, 15) is 0 Å². The van der Waals surface area contributed by atoms with E-state index in [2.05, 4.69) is 46.5 Å². The lowest BCUT2D eigenvalue weighted by molar-refractivity contribution is -0.172. The number of fused-ring (bicyclic) bond motifs is 1. The molecule has 2 saturated heterocycles. The zero-order valence-corrected chi connectivity index (χ0v) is 18.7. The first kappa shape index (κ1) is 22.0. The van der Waals surface area contributed by atoms with Crippen molar-refractivity contribution in [2.75, 3.05) is 26.8 Å². The normalized spacial score (nSPS) is 46.5. The van der Waals surface area contributed by atoms with Crippen molar-refractivity contribution < 1.29 is 9.47 Å². The van der Waals surface area contributed by atoms with Gasteiger partial charge in [0.2, 0.25) is 0 Å². The van der Waals surface area contributed by atoms with Crippen LogP contribution in [-0.2, 0) is 9.47 Å². The number of rotatable bonds is 4. The van der Waals surface area contributed by atoms with Gasteiger partial charge in [0.05, 0.1) is 37.0 Å². The molecule has 0 aromatic carbocycles. The molecule has 0 amide bonds. The summed E-state index contributed by atoms with van der Waals surface area (Å²) in [5.74, 6) is 0.182. The maximum absolute atomic E-state index is 7.19. The Bertz CT molecular complexity index is 579. The van der Waals surface area contributed by atoms with E-state index in [1.165, 1.54) is 5.57 Å². The number of hydrogen-bond acceptors (Lipinski definition) is 7. The fraction of sp³-hybridized carbons (Fsp3) is 0.905. The third kappa shape index (κ3) is 5.15. The molecule has 7 nitrogen and oxygen atoms in total. The lowest BCUT2D eigenvalue weighted by Gasteiger charge is -2.49. The minimum Gasteiger partial charge on any atom is -0.373 e. The maximum Gasteiger partial charge on any atom is 0.113 e. The molecule has 166 valence electrons. The van der Waals surface area contributed by atoms with E-state index in [-0.39, 0.29) is 42.0 Å². The highest BCUT2D eigenvalue weighted by atomic mass is 35.5. The third-order valence-electron chi connectivity index (χ3n) is 6.92. The van der Waals surface area contributed by atoms with Crippen LogP contribution in [-0.4, -0.2) is 75.0 Å². The average molecular weight is 428 g/mol. The Labute approximate surface area is 180 Å². The van der Waals surface area contributed by atoms with E-state index in [1.807, 2.05) is 7.05 Å². The van der Waals surface area contributed by atoms with Gasteiger partial charge in [-0.1, -0.05) is 11.6 Å². The van der Waals surface area contributed by atoms with Crippen LogP contribution in [0, 0.1) is 5.92 Å².